The number of nitrogens with one attached hydrogen (secondary N) is 1. The number of halogens is 2. The first-order valence-electron chi connectivity index (χ1n) is 11.9. The maximum atomic E-state index is 13.3. The Morgan fingerprint density at radius 2 is 2.03 bits per heavy atom. The molecule has 11 nitrogen and oxygen atoms in total. The lowest BCUT2D eigenvalue weighted by atomic mass is 9.93. The fourth-order valence-electron chi connectivity index (χ4n) is 4.27. The van der Waals surface area contributed by atoms with Crippen LogP contribution in [0.2, 0.25) is 0 Å². The van der Waals surface area contributed by atoms with E-state index >= 15 is 0 Å². The van der Waals surface area contributed by atoms with Crippen LogP contribution >= 0.6 is 0 Å². The van der Waals surface area contributed by atoms with Crippen LogP contribution in [0.1, 0.15) is 35.7 Å². The molecule has 6 rings (SSSR count). The van der Waals surface area contributed by atoms with Crippen molar-refractivity contribution in [3.05, 3.63) is 67.0 Å². The third-order valence-electron chi connectivity index (χ3n) is 6.29. The van der Waals surface area contributed by atoms with Crippen LogP contribution in [0.5, 0.6) is 17.2 Å². The summed E-state index contributed by atoms with van der Waals surface area (Å²) < 4.78 is 42.1. The molecule has 1 N–H and O–H groups in total. The van der Waals surface area contributed by atoms with Crippen molar-refractivity contribution in [1.29, 1.82) is 0 Å². The second-order valence-electron chi connectivity index (χ2n) is 8.84. The molecule has 4 heterocycles. The summed E-state index contributed by atoms with van der Waals surface area (Å²) in [7, 11) is 1.65. The fourth-order valence-corrected chi connectivity index (χ4v) is 4.27. The number of rotatable bonds is 8. The molecular weight excluding hydrogens is 498 g/mol. The molecule has 0 bridgehead atoms. The minimum absolute atomic E-state index is 0.121. The lowest BCUT2D eigenvalue weighted by Crippen LogP contribution is -2.16. The highest BCUT2D eigenvalue weighted by Gasteiger charge is 2.23. The third kappa shape index (κ3) is 4.53. The smallest absolute Gasteiger partial charge is 0.387 e. The lowest BCUT2D eigenvalue weighted by molar-refractivity contribution is -0.0494. The van der Waals surface area contributed by atoms with E-state index in [1.165, 1.54) is 40.0 Å². The number of hydrogen-bond donors (Lipinski definition) is 1. The summed E-state index contributed by atoms with van der Waals surface area (Å²) in [6, 6.07) is 6.50. The number of carbonyl (C=O) groups is 1. The van der Waals surface area contributed by atoms with Crippen molar-refractivity contribution in [1.82, 2.24) is 34.2 Å². The van der Waals surface area contributed by atoms with Crippen LogP contribution in [0, 0.1) is 0 Å². The van der Waals surface area contributed by atoms with Gasteiger partial charge in [0.15, 0.2) is 11.4 Å². The number of alkyl halides is 2. The molecule has 0 aliphatic heterocycles. The predicted octanol–water partition coefficient (Wildman–Crippen LogP) is 4.70. The molecule has 1 aliphatic rings. The van der Waals surface area contributed by atoms with Gasteiger partial charge >= 0.3 is 6.61 Å². The molecule has 1 aromatic carbocycles. The number of fused-ring (bicyclic) bond motifs is 1. The Morgan fingerprint density at radius 3 is 2.82 bits per heavy atom. The van der Waals surface area contributed by atoms with Crippen molar-refractivity contribution < 1.29 is 23.0 Å². The molecule has 4 aromatic heterocycles. The highest BCUT2D eigenvalue weighted by Crippen LogP contribution is 2.39. The number of amides is 1. The average Bonchev–Trinajstić information content (AvgIpc) is 3.57. The quantitative estimate of drug-likeness (QED) is 0.316. The van der Waals surface area contributed by atoms with Gasteiger partial charge in [0.25, 0.3) is 5.91 Å². The summed E-state index contributed by atoms with van der Waals surface area (Å²) in [6.07, 6.45) is 12.9. The van der Waals surface area contributed by atoms with Crippen LogP contribution in [-0.4, -0.2) is 46.7 Å². The van der Waals surface area contributed by atoms with E-state index in [-0.39, 0.29) is 28.3 Å². The average molecular weight is 521 g/mol. The van der Waals surface area contributed by atoms with Crippen molar-refractivity contribution in [2.75, 3.05) is 5.32 Å². The van der Waals surface area contributed by atoms with E-state index < -0.39 is 12.5 Å². The van der Waals surface area contributed by atoms with Gasteiger partial charge < -0.3 is 14.8 Å². The fraction of sp³-hybridized carbons (Fsp3) is 0.240. The van der Waals surface area contributed by atoms with Crippen molar-refractivity contribution in [2.24, 2.45) is 7.05 Å². The van der Waals surface area contributed by atoms with Gasteiger partial charge in [0.1, 0.15) is 22.8 Å². The lowest BCUT2D eigenvalue weighted by Gasteiger charge is -2.25. The molecule has 194 valence electrons. The number of aryl methyl sites for hydroxylation is 1. The molecule has 0 unspecified atom stereocenters. The maximum absolute atomic E-state index is 13.3. The molecule has 0 saturated heterocycles. The van der Waals surface area contributed by atoms with Crippen LogP contribution in [-0.2, 0) is 7.05 Å². The molecule has 0 atom stereocenters. The van der Waals surface area contributed by atoms with Crippen LogP contribution in [0.3, 0.4) is 0 Å². The molecular formula is C25H22F2N8O3. The predicted molar refractivity (Wildman–Crippen MR) is 131 cm³/mol. The highest BCUT2D eigenvalue weighted by atomic mass is 19.3. The summed E-state index contributed by atoms with van der Waals surface area (Å²) in [5.74, 6) is 0.273. The standard InChI is InChI=1S/C25H22F2N8O3/c1-33-14-20(31-24(36)19-12-30-34-9-3-8-28-23(19)34)22(32-33)18-10-16(6-7-21(18)38-25(26)27)37-17-11-29-35(13-17)15-4-2-5-15/h3,6-15,25H,2,4-5H2,1H3,(H,31,36). The first-order chi connectivity index (χ1) is 18.4. The number of nitrogens with zero attached hydrogens (tertiary/aromatic N) is 7. The maximum Gasteiger partial charge on any atom is 0.387 e. The Kier molecular flexibility index (Phi) is 5.94. The largest absolute Gasteiger partial charge is 0.454 e. The number of ether oxygens (including phenoxy) is 2. The van der Waals surface area contributed by atoms with Gasteiger partial charge in [-0.15, -0.1) is 0 Å². The van der Waals surface area contributed by atoms with Gasteiger partial charge in [-0.2, -0.15) is 24.1 Å². The van der Waals surface area contributed by atoms with Gasteiger partial charge in [-0.05, 0) is 43.5 Å². The molecule has 13 heteroatoms. The van der Waals surface area contributed by atoms with Crippen LogP contribution in [0.25, 0.3) is 16.9 Å². The van der Waals surface area contributed by atoms with Crippen molar-refractivity contribution in [2.45, 2.75) is 31.9 Å². The highest BCUT2D eigenvalue weighted by molar-refractivity contribution is 6.09. The van der Waals surface area contributed by atoms with Crippen molar-refractivity contribution in [3.63, 3.8) is 0 Å². The Balaban J connectivity index is 1.33. The van der Waals surface area contributed by atoms with Gasteiger partial charge in [0, 0.05) is 25.6 Å². The van der Waals surface area contributed by atoms with Gasteiger partial charge in [0.05, 0.1) is 35.9 Å². The van der Waals surface area contributed by atoms with E-state index in [4.69, 9.17) is 9.47 Å². The monoisotopic (exact) mass is 520 g/mol. The molecule has 5 aromatic rings. The number of anilines is 1. The Bertz CT molecular complexity index is 1620. The van der Waals surface area contributed by atoms with Crippen LogP contribution in [0.15, 0.2) is 61.4 Å². The first-order valence-corrected chi connectivity index (χ1v) is 11.9. The molecule has 1 fully saturated rings. The van der Waals surface area contributed by atoms with Gasteiger partial charge in [0.2, 0.25) is 0 Å². The van der Waals surface area contributed by atoms with Crippen molar-refractivity contribution in [3.8, 4) is 28.5 Å². The normalized spacial score (nSPS) is 13.6. The van der Waals surface area contributed by atoms with Gasteiger partial charge in [-0.1, -0.05) is 0 Å². The van der Waals surface area contributed by atoms with E-state index in [0.29, 0.717) is 23.2 Å². The van der Waals surface area contributed by atoms with Gasteiger partial charge in [-0.25, -0.2) is 9.50 Å². The third-order valence-corrected chi connectivity index (χ3v) is 6.29. The summed E-state index contributed by atoms with van der Waals surface area (Å²) in [6.45, 7) is -3.06. The molecule has 0 radical (unpaired) electrons. The summed E-state index contributed by atoms with van der Waals surface area (Å²) in [5, 5.41) is 15.7. The Labute approximate surface area is 214 Å². The molecule has 1 aliphatic carbocycles. The van der Waals surface area contributed by atoms with Gasteiger partial charge in [-0.3, -0.25) is 14.2 Å². The first kappa shape index (κ1) is 23.6. The summed E-state index contributed by atoms with van der Waals surface area (Å²) >= 11 is 0. The number of hydrogen-bond acceptors (Lipinski definition) is 7. The Morgan fingerprint density at radius 1 is 1.16 bits per heavy atom. The summed E-state index contributed by atoms with van der Waals surface area (Å²) in [5.41, 5.74) is 1.32. The number of benzene rings is 1. The van der Waals surface area contributed by atoms with Crippen LogP contribution < -0.4 is 14.8 Å². The summed E-state index contributed by atoms with van der Waals surface area (Å²) in [4.78, 5) is 17.3. The number of aromatic nitrogens is 7. The Hall–Kier alpha value is -4.81. The minimum atomic E-state index is -3.06. The zero-order valence-corrected chi connectivity index (χ0v) is 20.2. The second-order valence-corrected chi connectivity index (χ2v) is 8.84. The molecule has 38 heavy (non-hydrogen) atoms. The van der Waals surface area contributed by atoms with E-state index in [0.717, 1.165) is 12.8 Å². The van der Waals surface area contributed by atoms with E-state index in [9.17, 15) is 13.6 Å². The van der Waals surface area contributed by atoms with E-state index in [2.05, 4.69) is 25.6 Å². The van der Waals surface area contributed by atoms with Crippen molar-refractivity contribution >= 4 is 17.2 Å². The molecule has 1 saturated carbocycles. The van der Waals surface area contributed by atoms with E-state index in [1.54, 1.807) is 37.9 Å². The van der Waals surface area contributed by atoms with E-state index in [1.807, 2.05) is 10.9 Å². The zero-order chi connectivity index (χ0) is 26.2. The SMILES string of the molecule is Cn1cc(NC(=O)c2cnn3cccnc23)c(-c2cc(Oc3cnn(C4CCC4)c3)ccc2OC(F)F)n1. The second kappa shape index (κ2) is 9.57. The van der Waals surface area contributed by atoms with Crippen LogP contribution in [0.4, 0.5) is 14.5 Å². The number of carbonyl (C=O) groups excluding carboxylic acids is 1. The molecule has 0 spiro atoms. The topological polar surface area (TPSA) is 113 Å². The minimum Gasteiger partial charge on any atom is -0.454 e. The molecule has 1 amide bonds. The zero-order valence-electron chi connectivity index (χ0n) is 20.2.